The summed E-state index contributed by atoms with van der Waals surface area (Å²) in [6, 6.07) is 18.4. The van der Waals surface area contributed by atoms with Crippen molar-refractivity contribution in [1.82, 2.24) is 5.43 Å². The van der Waals surface area contributed by atoms with Crippen LogP contribution in [0.1, 0.15) is 15.9 Å². The Hall–Kier alpha value is -3.95. The molecule has 0 aliphatic carbocycles. The van der Waals surface area contributed by atoms with Gasteiger partial charge in [0.1, 0.15) is 11.8 Å². The van der Waals surface area contributed by atoms with E-state index in [0.29, 0.717) is 16.0 Å². The van der Waals surface area contributed by atoms with Gasteiger partial charge in [-0.1, -0.05) is 35.9 Å². The van der Waals surface area contributed by atoms with E-state index in [1.54, 1.807) is 36.4 Å². The number of benzene rings is 3. The zero-order chi connectivity index (χ0) is 23.4. The summed E-state index contributed by atoms with van der Waals surface area (Å²) in [6.07, 6.45) is 2.41. The highest BCUT2D eigenvalue weighted by atomic mass is 35.5. The molecule has 0 fully saturated rings. The standard InChI is InChI=1S/C23H16ClN3O5S/c24-16-9-11-17(12-10-16)33(30,31)27-20-7-3-1-5-18(20)23(29)26-25-13-15-14-32-21-8-4-2-6-19(21)22(15)28/h1-14,27H,(H,26,29)/b25-13-. The van der Waals surface area contributed by atoms with E-state index in [4.69, 9.17) is 16.0 Å². The second-order valence-corrected chi connectivity index (χ2v) is 8.94. The molecular formula is C23H16ClN3O5S. The summed E-state index contributed by atoms with van der Waals surface area (Å²) < 4.78 is 33.1. The predicted octanol–water partition coefficient (Wildman–Crippen LogP) is 4.01. The molecule has 0 bridgehead atoms. The van der Waals surface area contributed by atoms with E-state index in [2.05, 4.69) is 15.2 Å². The lowest BCUT2D eigenvalue weighted by Crippen LogP contribution is -2.22. The number of halogens is 1. The maximum absolute atomic E-state index is 12.7. The highest BCUT2D eigenvalue weighted by molar-refractivity contribution is 7.92. The number of hydrazone groups is 1. The number of nitrogens with one attached hydrogen (secondary N) is 2. The van der Waals surface area contributed by atoms with Crippen molar-refractivity contribution in [1.29, 1.82) is 0 Å². The second-order valence-electron chi connectivity index (χ2n) is 6.82. The molecule has 0 unspecified atom stereocenters. The fourth-order valence-corrected chi connectivity index (χ4v) is 4.20. The van der Waals surface area contributed by atoms with E-state index in [-0.39, 0.29) is 27.1 Å². The Morgan fingerprint density at radius 3 is 2.45 bits per heavy atom. The first-order chi connectivity index (χ1) is 15.8. The van der Waals surface area contributed by atoms with Gasteiger partial charge in [-0.25, -0.2) is 13.8 Å². The molecule has 0 saturated heterocycles. The molecule has 33 heavy (non-hydrogen) atoms. The summed E-state index contributed by atoms with van der Waals surface area (Å²) in [5, 5.41) is 4.59. The van der Waals surface area contributed by atoms with E-state index in [1.165, 1.54) is 42.7 Å². The number of hydrogen-bond acceptors (Lipinski definition) is 6. The Balaban J connectivity index is 1.53. The van der Waals surface area contributed by atoms with Crippen LogP contribution in [-0.2, 0) is 10.0 Å². The zero-order valence-electron chi connectivity index (χ0n) is 16.9. The Morgan fingerprint density at radius 1 is 0.970 bits per heavy atom. The molecule has 3 aromatic carbocycles. The number of carbonyl (C=O) groups excluding carboxylic acids is 1. The molecule has 0 radical (unpaired) electrons. The number of amides is 1. The van der Waals surface area contributed by atoms with Crippen LogP contribution in [0, 0.1) is 0 Å². The number of sulfonamides is 1. The van der Waals surface area contributed by atoms with Gasteiger partial charge in [0, 0.05) is 5.02 Å². The van der Waals surface area contributed by atoms with Gasteiger partial charge in [-0.3, -0.25) is 14.3 Å². The summed E-state index contributed by atoms with van der Waals surface area (Å²) in [7, 11) is -3.96. The fourth-order valence-electron chi connectivity index (χ4n) is 2.99. The molecule has 0 saturated carbocycles. The molecule has 2 N–H and O–H groups in total. The van der Waals surface area contributed by atoms with Gasteiger partial charge in [0.15, 0.2) is 0 Å². The predicted molar refractivity (Wildman–Crippen MR) is 126 cm³/mol. The number of nitrogens with zero attached hydrogens (tertiary/aromatic N) is 1. The highest BCUT2D eigenvalue weighted by Crippen LogP contribution is 2.21. The van der Waals surface area contributed by atoms with Gasteiger partial charge >= 0.3 is 0 Å². The van der Waals surface area contributed by atoms with Crippen molar-refractivity contribution in [2.75, 3.05) is 4.72 Å². The molecule has 0 spiro atoms. The van der Waals surface area contributed by atoms with Crippen LogP contribution in [-0.4, -0.2) is 20.5 Å². The second kappa shape index (κ2) is 9.27. The van der Waals surface area contributed by atoms with Crippen LogP contribution >= 0.6 is 11.6 Å². The number of para-hydroxylation sites is 2. The van der Waals surface area contributed by atoms with Crippen LogP contribution in [0.4, 0.5) is 5.69 Å². The van der Waals surface area contributed by atoms with Crippen molar-refractivity contribution in [3.05, 3.63) is 105 Å². The maximum atomic E-state index is 12.7. The van der Waals surface area contributed by atoms with E-state index in [0.717, 1.165) is 6.21 Å². The lowest BCUT2D eigenvalue weighted by atomic mass is 10.2. The Bertz CT molecular complexity index is 1530. The third-order valence-electron chi connectivity index (χ3n) is 4.62. The highest BCUT2D eigenvalue weighted by Gasteiger charge is 2.18. The van der Waals surface area contributed by atoms with E-state index in [1.807, 2.05) is 0 Å². The van der Waals surface area contributed by atoms with Crippen molar-refractivity contribution >= 4 is 50.4 Å². The zero-order valence-corrected chi connectivity index (χ0v) is 18.4. The first-order valence-corrected chi connectivity index (χ1v) is 11.4. The van der Waals surface area contributed by atoms with Crippen molar-refractivity contribution in [2.45, 2.75) is 4.90 Å². The van der Waals surface area contributed by atoms with Crippen molar-refractivity contribution in [3.63, 3.8) is 0 Å². The number of hydrogen-bond donors (Lipinski definition) is 2. The van der Waals surface area contributed by atoms with E-state index >= 15 is 0 Å². The van der Waals surface area contributed by atoms with Crippen LogP contribution in [0.15, 0.2) is 98.3 Å². The SMILES string of the molecule is O=C(N/N=C\c1coc2ccccc2c1=O)c1ccccc1NS(=O)(=O)c1ccc(Cl)cc1. The average Bonchev–Trinajstić information content (AvgIpc) is 2.81. The van der Waals surface area contributed by atoms with Gasteiger partial charge in [0.2, 0.25) is 5.43 Å². The minimum absolute atomic E-state index is 0.0110. The number of anilines is 1. The normalized spacial score (nSPS) is 11.5. The third kappa shape index (κ3) is 4.94. The van der Waals surface area contributed by atoms with Crippen molar-refractivity contribution in [2.24, 2.45) is 5.10 Å². The van der Waals surface area contributed by atoms with Crippen molar-refractivity contribution < 1.29 is 17.6 Å². The van der Waals surface area contributed by atoms with E-state index in [9.17, 15) is 18.0 Å². The largest absolute Gasteiger partial charge is 0.463 e. The Morgan fingerprint density at radius 2 is 1.67 bits per heavy atom. The van der Waals surface area contributed by atoms with Crippen LogP contribution in [0.5, 0.6) is 0 Å². The first kappa shape index (κ1) is 22.3. The van der Waals surface area contributed by atoms with Gasteiger partial charge in [-0.2, -0.15) is 5.10 Å². The molecule has 0 aliphatic rings. The van der Waals surface area contributed by atoms with Gasteiger partial charge in [-0.15, -0.1) is 0 Å². The summed E-state index contributed by atoms with van der Waals surface area (Å²) in [5.74, 6) is -0.675. The van der Waals surface area contributed by atoms with Crippen LogP contribution in [0.3, 0.4) is 0 Å². The van der Waals surface area contributed by atoms with Crippen LogP contribution < -0.4 is 15.6 Å². The minimum atomic E-state index is -3.96. The van der Waals surface area contributed by atoms with Crippen molar-refractivity contribution in [3.8, 4) is 0 Å². The molecule has 4 rings (SSSR count). The smallest absolute Gasteiger partial charge is 0.273 e. The van der Waals surface area contributed by atoms with Gasteiger partial charge in [0.05, 0.1) is 33.3 Å². The first-order valence-electron chi connectivity index (χ1n) is 9.56. The lowest BCUT2D eigenvalue weighted by Gasteiger charge is -2.11. The molecule has 1 amide bonds. The van der Waals surface area contributed by atoms with Crippen LogP contribution in [0.2, 0.25) is 5.02 Å². The molecule has 10 heteroatoms. The van der Waals surface area contributed by atoms with Gasteiger partial charge < -0.3 is 4.42 Å². The summed E-state index contributed by atoms with van der Waals surface area (Å²) in [5.41, 5.74) is 2.67. The maximum Gasteiger partial charge on any atom is 0.273 e. The number of rotatable bonds is 6. The summed E-state index contributed by atoms with van der Waals surface area (Å²) in [6.45, 7) is 0. The third-order valence-corrected chi connectivity index (χ3v) is 6.25. The molecule has 166 valence electrons. The number of carbonyl (C=O) groups is 1. The van der Waals surface area contributed by atoms with Gasteiger partial charge in [0.25, 0.3) is 15.9 Å². The van der Waals surface area contributed by atoms with Gasteiger partial charge in [-0.05, 0) is 48.5 Å². The van der Waals surface area contributed by atoms with Crippen LogP contribution in [0.25, 0.3) is 11.0 Å². The minimum Gasteiger partial charge on any atom is -0.463 e. The molecule has 1 aromatic heterocycles. The quantitative estimate of drug-likeness (QED) is 0.318. The topological polar surface area (TPSA) is 118 Å². The monoisotopic (exact) mass is 481 g/mol. The molecule has 1 heterocycles. The lowest BCUT2D eigenvalue weighted by molar-refractivity contribution is 0.0956. The average molecular weight is 482 g/mol. The molecule has 8 nitrogen and oxygen atoms in total. The summed E-state index contributed by atoms with van der Waals surface area (Å²) in [4.78, 5) is 25.1. The number of fused-ring (bicyclic) bond motifs is 1. The fraction of sp³-hybridized carbons (Fsp3) is 0. The molecule has 4 aromatic rings. The Labute approximate surface area is 193 Å². The Kier molecular flexibility index (Phi) is 6.25. The molecular weight excluding hydrogens is 466 g/mol. The summed E-state index contributed by atoms with van der Waals surface area (Å²) >= 11 is 5.81. The van der Waals surface area contributed by atoms with E-state index < -0.39 is 15.9 Å². The molecule has 0 atom stereocenters. The molecule has 0 aliphatic heterocycles.